The number of thiocarbonyl (C=S) groups is 1. The van der Waals surface area contributed by atoms with Crippen LogP contribution < -0.4 is 5.32 Å². The number of hydrogen-bond acceptors (Lipinski definition) is 1. The Morgan fingerprint density at radius 3 is 2.92 bits per heavy atom. The van der Waals surface area contributed by atoms with E-state index in [1.54, 1.807) is 0 Å². The minimum atomic E-state index is 0.577. The first kappa shape index (κ1) is 7.74. The van der Waals surface area contributed by atoms with Crippen LogP contribution in [0.25, 0.3) is 0 Å². The number of nitrogens with one attached hydrogen (secondary N) is 1. The van der Waals surface area contributed by atoms with Gasteiger partial charge in [0.25, 0.3) is 0 Å². The molecule has 0 aromatic heterocycles. The van der Waals surface area contributed by atoms with Crippen LogP contribution in [0.5, 0.6) is 0 Å². The van der Waals surface area contributed by atoms with Crippen molar-refractivity contribution in [1.29, 1.82) is 0 Å². The van der Waals surface area contributed by atoms with Crippen molar-refractivity contribution in [2.45, 2.75) is 12.8 Å². The summed E-state index contributed by atoms with van der Waals surface area (Å²) in [6.45, 7) is 3.18. The highest BCUT2D eigenvalue weighted by Gasteiger charge is 2.17. The predicted octanol–water partition coefficient (Wildman–Crippen LogP) is 2.07. The molecule has 0 amide bonds. The fourth-order valence-corrected chi connectivity index (χ4v) is 1.85. The summed E-state index contributed by atoms with van der Waals surface area (Å²) in [5, 5.41) is 3.22. The lowest BCUT2D eigenvalue weighted by Gasteiger charge is -2.24. The first-order valence-electron chi connectivity index (χ1n) is 4.16. The predicted molar refractivity (Wildman–Crippen MR) is 54.6 cm³/mol. The van der Waals surface area contributed by atoms with Crippen molar-refractivity contribution in [1.82, 2.24) is 5.32 Å². The van der Waals surface area contributed by atoms with Gasteiger partial charge in [0.05, 0.1) is 0 Å². The normalized spacial score (nSPS) is 21.4. The Morgan fingerprint density at radius 1 is 1.42 bits per heavy atom. The van der Waals surface area contributed by atoms with E-state index in [-0.39, 0.29) is 0 Å². The van der Waals surface area contributed by atoms with Gasteiger partial charge >= 0.3 is 0 Å². The van der Waals surface area contributed by atoms with Crippen molar-refractivity contribution < 1.29 is 0 Å². The van der Waals surface area contributed by atoms with Crippen LogP contribution in [0, 0.1) is 0 Å². The SMILES string of the molecule is C[C@H]1CNC(=S)c2ccccc21. The third-order valence-electron chi connectivity index (χ3n) is 2.31. The van der Waals surface area contributed by atoms with E-state index in [4.69, 9.17) is 12.2 Å². The van der Waals surface area contributed by atoms with E-state index in [0.717, 1.165) is 11.5 Å². The summed E-state index contributed by atoms with van der Waals surface area (Å²) < 4.78 is 0. The highest BCUT2D eigenvalue weighted by molar-refractivity contribution is 7.80. The molecule has 0 fully saturated rings. The Labute approximate surface area is 77.8 Å². The second kappa shape index (κ2) is 2.87. The van der Waals surface area contributed by atoms with Gasteiger partial charge in [0, 0.05) is 12.1 Å². The topological polar surface area (TPSA) is 12.0 Å². The zero-order valence-corrected chi connectivity index (χ0v) is 7.82. The van der Waals surface area contributed by atoms with Crippen LogP contribution in [0.3, 0.4) is 0 Å². The van der Waals surface area contributed by atoms with Crippen molar-refractivity contribution in [3.05, 3.63) is 35.4 Å². The van der Waals surface area contributed by atoms with Gasteiger partial charge in [0.1, 0.15) is 4.99 Å². The van der Waals surface area contributed by atoms with Gasteiger partial charge < -0.3 is 5.32 Å². The van der Waals surface area contributed by atoms with E-state index in [9.17, 15) is 0 Å². The van der Waals surface area contributed by atoms with Crippen molar-refractivity contribution in [2.75, 3.05) is 6.54 Å². The number of benzene rings is 1. The van der Waals surface area contributed by atoms with Gasteiger partial charge in [-0.1, -0.05) is 43.4 Å². The molecule has 0 saturated carbocycles. The van der Waals surface area contributed by atoms with Crippen molar-refractivity contribution >= 4 is 17.2 Å². The van der Waals surface area contributed by atoms with Gasteiger partial charge in [-0.15, -0.1) is 0 Å². The lowest BCUT2D eigenvalue weighted by atomic mass is 9.92. The summed E-state index contributed by atoms with van der Waals surface area (Å²) in [5.41, 5.74) is 2.58. The van der Waals surface area contributed by atoms with E-state index < -0.39 is 0 Å². The molecule has 1 atom stereocenters. The summed E-state index contributed by atoms with van der Waals surface area (Å²) in [6.07, 6.45) is 0. The average molecular weight is 177 g/mol. The Bertz CT molecular complexity index is 319. The maximum atomic E-state index is 5.20. The first-order valence-corrected chi connectivity index (χ1v) is 4.57. The second-order valence-electron chi connectivity index (χ2n) is 3.20. The van der Waals surface area contributed by atoms with E-state index in [1.165, 1.54) is 11.1 Å². The molecule has 1 aliphatic heterocycles. The third kappa shape index (κ3) is 1.12. The Kier molecular flexibility index (Phi) is 1.85. The molecule has 0 radical (unpaired) electrons. The van der Waals surface area contributed by atoms with Gasteiger partial charge in [0.2, 0.25) is 0 Å². The highest BCUT2D eigenvalue weighted by Crippen LogP contribution is 2.22. The molecule has 2 rings (SSSR count). The quantitative estimate of drug-likeness (QED) is 0.609. The van der Waals surface area contributed by atoms with Crippen LogP contribution in [0.4, 0.5) is 0 Å². The molecule has 1 N–H and O–H groups in total. The Balaban J connectivity index is 2.55. The van der Waals surface area contributed by atoms with Gasteiger partial charge in [-0.3, -0.25) is 0 Å². The smallest absolute Gasteiger partial charge is 0.106 e. The first-order chi connectivity index (χ1) is 5.79. The van der Waals surface area contributed by atoms with E-state index >= 15 is 0 Å². The van der Waals surface area contributed by atoms with Gasteiger partial charge in [-0.05, 0) is 11.5 Å². The van der Waals surface area contributed by atoms with Crippen LogP contribution in [0.15, 0.2) is 24.3 Å². The summed E-state index contributed by atoms with van der Waals surface area (Å²) in [5.74, 6) is 0.577. The van der Waals surface area contributed by atoms with Crippen LogP contribution >= 0.6 is 12.2 Å². The fourth-order valence-electron chi connectivity index (χ4n) is 1.58. The molecule has 1 heterocycles. The number of fused-ring (bicyclic) bond motifs is 1. The lowest BCUT2D eigenvalue weighted by Crippen LogP contribution is -2.33. The summed E-state index contributed by atoms with van der Waals surface area (Å²) in [6, 6.07) is 8.35. The van der Waals surface area contributed by atoms with Crippen LogP contribution in [-0.2, 0) is 0 Å². The molecule has 1 aromatic rings. The molecule has 0 spiro atoms. The molecule has 1 nitrogen and oxygen atoms in total. The summed E-state index contributed by atoms with van der Waals surface area (Å²) in [4.78, 5) is 0.892. The molecule has 62 valence electrons. The molecular formula is C10H11NS. The number of hydrogen-bond donors (Lipinski definition) is 1. The molecule has 1 aromatic carbocycles. The molecule has 0 aliphatic carbocycles. The van der Waals surface area contributed by atoms with Crippen LogP contribution in [0.1, 0.15) is 24.0 Å². The zero-order chi connectivity index (χ0) is 8.55. The van der Waals surface area contributed by atoms with Crippen molar-refractivity contribution in [2.24, 2.45) is 0 Å². The van der Waals surface area contributed by atoms with Crippen molar-refractivity contribution in [3.63, 3.8) is 0 Å². The second-order valence-corrected chi connectivity index (χ2v) is 3.61. The standard InChI is InChI=1S/C10H11NS/c1-7-6-11-10(12)9-5-3-2-4-8(7)9/h2-5,7H,6H2,1H3,(H,11,12)/t7-/m0/s1. The van der Waals surface area contributed by atoms with Crippen LogP contribution in [-0.4, -0.2) is 11.5 Å². The summed E-state index contributed by atoms with van der Waals surface area (Å²) >= 11 is 5.20. The molecule has 0 unspecified atom stereocenters. The fraction of sp³-hybridized carbons (Fsp3) is 0.300. The van der Waals surface area contributed by atoms with Gasteiger partial charge in [-0.25, -0.2) is 0 Å². The molecule has 0 bridgehead atoms. The molecule has 12 heavy (non-hydrogen) atoms. The summed E-state index contributed by atoms with van der Waals surface area (Å²) in [7, 11) is 0. The number of rotatable bonds is 0. The average Bonchev–Trinajstić information content (AvgIpc) is 2.12. The Morgan fingerprint density at radius 2 is 2.17 bits per heavy atom. The van der Waals surface area contributed by atoms with Crippen molar-refractivity contribution in [3.8, 4) is 0 Å². The molecule has 2 heteroatoms. The maximum Gasteiger partial charge on any atom is 0.106 e. The van der Waals surface area contributed by atoms with Gasteiger partial charge in [-0.2, -0.15) is 0 Å². The molecule has 0 saturated heterocycles. The van der Waals surface area contributed by atoms with Gasteiger partial charge in [0.15, 0.2) is 0 Å². The minimum Gasteiger partial charge on any atom is -0.375 e. The monoisotopic (exact) mass is 177 g/mol. The Hall–Kier alpha value is -0.890. The zero-order valence-electron chi connectivity index (χ0n) is 7.00. The molecule has 1 aliphatic rings. The highest BCUT2D eigenvalue weighted by atomic mass is 32.1. The van der Waals surface area contributed by atoms with E-state index in [0.29, 0.717) is 5.92 Å². The minimum absolute atomic E-state index is 0.577. The lowest BCUT2D eigenvalue weighted by molar-refractivity contribution is 0.704. The van der Waals surface area contributed by atoms with E-state index in [2.05, 4.69) is 30.4 Å². The molecular weight excluding hydrogens is 166 g/mol. The van der Waals surface area contributed by atoms with Crippen LogP contribution in [0.2, 0.25) is 0 Å². The van der Waals surface area contributed by atoms with E-state index in [1.807, 2.05) is 6.07 Å². The largest absolute Gasteiger partial charge is 0.375 e. The maximum absolute atomic E-state index is 5.20. The third-order valence-corrected chi connectivity index (χ3v) is 2.67.